The van der Waals surface area contributed by atoms with E-state index in [2.05, 4.69) is 35.5 Å². The van der Waals surface area contributed by atoms with Crippen LogP contribution in [0.1, 0.15) is 24.0 Å². The molecule has 2 rings (SSSR count). The number of piperidine rings is 1. The number of nitrogens with zero attached hydrogens (tertiary/aromatic N) is 2. The molecule has 1 saturated heterocycles. The van der Waals surface area contributed by atoms with Gasteiger partial charge in [-0.1, -0.05) is 6.07 Å². The first-order valence-corrected chi connectivity index (χ1v) is 6.63. The van der Waals surface area contributed by atoms with E-state index in [0.717, 1.165) is 36.4 Å². The van der Waals surface area contributed by atoms with Crippen LogP contribution in [-0.4, -0.2) is 26.7 Å². The van der Waals surface area contributed by atoms with Crippen LogP contribution in [0.4, 0.5) is 5.69 Å². The highest BCUT2D eigenvalue weighted by Crippen LogP contribution is 2.22. The smallest absolute Gasteiger partial charge is 0.101 e. The molecule has 1 N–H and O–H groups in total. The number of anilines is 1. The molecule has 3 nitrogen and oxygen atoms in total. The van der Waals surface area contributed by atoms with Crippen molar-refractivity contribution >= 4 is 5.69 Å². The topological polar surface area (TPSA) is 39.1 Å². The average Bonchev–Trinajstić information content (AvgIpc) is 2.39. The fourth-order valence-electron chi connectivity index (χ4n) is 2.64. The first-order valence-electron chi connectivity index (χ1n) is 6.63. The van der Waals surface area contributed by atoms with Crippen molar-refractivity contribution in [2.45, 2.75) is 19.8 Å². The maximum absolute atomic E-state index is 9.21. The number of rotatable bonds is 3. The number of nitrogens with one attached hydrogen (secondary N) is 1. The molecule has 0 spiro atoms. The van der Waals surface area contributed by atoms with Crippen molar-refractivity contribution in [2.24, 2.45) is 5.92 Å². The third-order valence-corrected chi connectivity index (χ3v) is 3.61. The monoisotopic (exact) mass is 243 g/mol. The minimum atomic E-state index is 0.691. The van der Waals surface area contributed by atoms with E-state index in [1.807, 2.05) is 13.0 Å². The van der Waals surface area contributed by atoms with Gasteiger partial charge in [-0.15, -0.1) is 0 Å². The van der Waals surface area contributed by atoms with Gasteiger partial charge in [0.15, 0.2) is 0 Å². The summed E-state index contributed by atoms with van der Waals surface area (Å²) in [5, 5.41) is 12.6. The van der Waals surface area contributed by atoms with Crippen molar-refractivity contribution < 1.29 is 0 Å². The molecule has 18 heavy (non-hydrogen) atoms. The maximum atomic E-state index is 9.21. The van der Waals surface area contributed by atoms with Crippen molar-refractivity contribution in [1.82, 2.24) is 5.32 Å². The van der Waals surface area contributed by atoms with Gasteiger partial charge in [-0.3, -0.25) is 0 Å². The summed E-state index contributed by atoms with van der Waals surface area (Å²) in [6, 6.07) is 8.40. The molecule has 1 fully saturated rings. The van der Waals surface area contributed by atoms with Crippen LogP contribution in [0.5, 0.6) is 0 Å². The van der Waals surface area contributed by atoms with Crippen molar-refractivity contribution in [3.8, 4) is 6.07 Å². The molecule has 0 saturated carbocycles. The molecule has 1 aromatic carbocycles. The van der Waals surface area contributed by atoms with E-state index in [-0.39, 0.29) is 0 Å². The Labute approximate surface area is 109 Å². The molecule has 3 heteroatoms. The SMILES string of the molecule is Cc1ccc(N(C)CC2CCCNC2)c(C#N)c1. The van der Waals surface area contributed by atoms with Crippen LogP contribution >= 0.6 is 0 Å². The van der Waals surface area contributed by atoms with Gasteiger partial charge in [0.1, 0.15) is 6.07 Å². The van der Waals surface area contributed by atoms with Crippen LogP contribution in [0.25, 0.3) is 0 Å². The second-order valence-electron chi connectivity index (χ2n) is 5.23. The van der Waals surface area contributed by atoms with Gasteiger partial charge in [0.25, 0.3) is 0 Å². The average molecular weight is 243 g/mol. The van der Waals surface area contributed by atoms with E-state index >= 15 is 0 Å². The molecule has 96 valence electrons. The van der Waals surface area contributed by atoms with Crippen LogP contribution < -0.4 is 10.2 Å². The molecule has 0 aromatic heterocycles. The van der Waals surface area contributed by atoms with Crippen molar-refractivity contribution in [2.75, 3.05) is 31.6 Å². The lowest BCUT2D eigenvalue weighted by Crippen LogP contribution is -2.37. The van der Waals surface area contributed by atoms with Crippen molar-refractivity contribution in [1.29, 1.82) is 5.26 Å². The maximum Gasteiger partial charge on any atom is 0.101 e. The van der Waals surface area contributed by atoms with E-state index in [0.29, 0.717) is 5.92 Å². The molecule has 1 aliphatic rings. The molecule has 0 bridgehead atoms. The minimum Gasteiger partial charge on any atom is -0.373 e. The van der Waals surface area contributed by atoms with Crippen LogP contribution in [0.3, 0.4) is 0 Å². The van der Waals surface area contributed by atoms with Gasteiger partial charge >= 0.3 is 0 Å². The Morgan fingerprint density at radius 2 is 2.33 bits per heavy atom. The Hall–Kier alpha value is -1.53. The zero-order chi connectivity index (χ0) is 13.0. The molecule has 1 unspecified atom stereocenters. The van der Waals surface area contributed by atoms with E-state index in [9.17, 15) is 5.26 Å². The zero-order valence-corrected chi connectivity index (χ0v) is 11.2. The number of hydrogen-bond acceptors (Lipinski definition) is 3. The minimum absolute atomic E-state index is 0.691. The summed E-state index contributed by atoms with van der Waals surface area (Å²) in [6.07, 6.45) is 2.54. The normalized spacial score (nSPS) is 19.3. The summed E-state index contributed by atoms with van der Waals surface area (Å²) in [7, 11) is 2.08. The summed E-state index contributed by atoms with van der Waals surface area (Å²) < 4.78 is 0. The Morgan fingerprint density at radius 3 is 3.00 bits per heavy atom. The summed E-state index contributed by atoms with van der Waals surface area (Å²) in [5.74, 6) is 0.691. The van der Waals surface area contributed by atoms with Gasteiger partial charge in [-0.25, -0.2) is 0 Å². The molecule has 0 radical (unpaired) electrons. The van der Waals surface area contributed by atoms with E-state index in [1.165, 1.54) is 12.8 Å². The lowest BCUT2D eigenvalue weighted by Gasteiger charge is -2.29. The van der Waals surface area contributed by atoms with Gasteiger partial charge in [0.2, 0.25) is 0 Å². The molecule has 1 aromatic rings. The van der Waals surface area contributed by atoms with Crippen LogP contribution in [0, 0.1) is 24.2 Å². The fraction of sp³-hybridized carbons (Fsp3) is 0.533. The number of benzene rings is 1. The highest BCUT2D eigenvalue weighted by atomic mass is 15.1. The Balaban J connectivity index is 2.08. The third-order valence-electron chi connectivity index (χ3n) is 3.61. The first kappa shape index (κ1) is 12.9. The van der Waals surface area contributed by atoms with Gasteiger partial charge in [-0.2, -0.15) is 5.26 Å². The van der Waals surface area contributed by atoms with Crippen molar-refractivity contribution in [3.63, 3.8) is 0 Å². The van der Waals surface area contributed by atoms with Gasteiger partial charge < -0.3 is 10.2 Å². The molecule has 0 aliphatic carbocycles. The molecule has 1 heterocycles. The van der Waals surface area contributed by atoms with Crippen LogP contribution in [0.15, 0.2) is 18.2 Å². The Morgan fingerprint density at radius 1 is 1.50 bits per heavy atom. The van der Waals surface area contributed by atoms with Gasteiger partial charge in [0.05, 0.1) is 11.3 Å². The van der Waals surface area contributed by atoms with Crippen LogP contribution in [0.2, 0.25) is 0 Å². The molecule has 1 atom stereocenters. The molecular weight excluding hydrogens is 222 g/mol. The predicted molar refractivity (Wildman–Crippen MR) is 74.8 cm³/mol. The van der Waals surface area contributed by atoms with E-state index in [1.54, 1.807) is 0 Å². The lowest BCUT2D eigenvalue weighted by atomic mass is 9.98. The van der Waals surface area contributed by atoms with Crippen molar-refractivity contribution in [3.05, 3.63) is 29.3 Å². The number of hydrogen-bond donors (Lipinski definition) is 1. The predicted octanol–water partition coefficient (Wildman–Crippen LogP) is 2.30. The van der Waals surface area contributed by atoms with Crippen LogP contribution in [-0.2, 0) is 0 Å². The summed E-state index contributed by atoms with van der Waals surface area (Å²) in [5.41, 5.74) is 2.97. The fourth-order valence-corrected chi connectivity index (χ4v) is 2.64. The molecule has 0 amide bonds. The van der Waals surface area contributed by atoms with E-state index in [4.69, 9.17) is 0 Å². The third kappa shape index (κ3) is 3.02. The largest absolute Gasteiger partial charge is 0.373 e. The van der Waals surface area contributed by atoms with E-state index < -0.39 is 0 Å². The Kier molecular flexibility index (Phi) is 4.22. The highest BCUT2D eigenvalue weighted by molar-refractivity contribution is 5.60. The standard InChI is InChI=1S/C15H21N3/c1-12-5-6-15(14(8-12)9-16)18(2)11-13-4-3-7-17-10-13/h5-6,8,13,17H,3-4,7,10-11H2,1-2H3. The Bertz CT molecular complexity index is 442. The zero-order valence-electron chi connectivity index (χ0n) is 11.2. The second-order valence-corrected chi connectivity index (χ2v) is 5.23. The number of nitriles is 1. The summed E-state index contributed by atoms with van der Waals surface area (Å²) in [4.78, 5) is 2.22. The second kappa shape index (κ2) is 5.88. The summed E-state index contributed by atoms with van der Waals surface area (Å²) >= 11 is 0. The highest BCUT2D eigenvalue weighted by Gasteiger charge is 2.16. The first-order chi connectivity index (χ1) is 8.70. The molecular formula is C15H21N3. The quantitative estimate of drug-likeness (QED) is 0.885. The van der Waals surface area contributed by atoms with Gasteiger partial charge in [0, 0.05) is 13.6 Å². The summed E-state index contributed by atoms with van der Waals surface area (Å²) in [6.45, 7) is 5.28. The number of aryl methyl sites for hydroxylation is 1. The van der Waals surface area contributed by atoms with Gasteiger partial charge in [-0.05, 0) is 56.5 Å². The molecule has 1 aliphatic heterocycles. The lowest BCUT2D eigenvalue weighted by molar-refractivity contribution is 0.381.